The Balaban J connectivity index is 1.25. The van der Waals surface area contributed by atoms with Crippen LogP contribution in [0.1, 0.15) is 11.1 Å². The lowest BCUT2D eigenvalue weighted by Crippen LogP contribution is -2.04. The Kier molecular flexibility index (Phi) is 9.12. The first-order valence-electron chi connectivity index (χ1n) is 21.7. The van der Waals surface area contributed by atoms with E-state index >= 15 is 0 Å². The maximum atomic E-state index is 10.3. The van der Waals surface area contributed by atoms with E-state index in [0.717, 1.165) is 88.5 Å². The van der Waals surface area contributed by atoms with Crippen molar-refractivity contribution >= 4 is 43.6 Å². The van der Waals surface area contributed by atoms with Crippen molar-refractivity contribution in [3.05, 3.63) is 223 Å². The minimum atomic E-state index is 0.487. The van der Waals surface area contributed by atoms with Crippen LogP contribution < -0.4 is 0 Å². The highest BCUT2D eigenvalue weighted by Gasteiger charge is 2.26. The predicted octanol–water partition coefficient (Wildman–Crippen LogP) is 14.1. The van der Waals surface area contributed by atoms with Crippen molar-refractivity contribution in [2.24, 2.45) is 0 Å². The molecule has 12 aromatic rings. The number of nitrogens with zero attached hydrogens (tertiary/aromatic N) is 7. The summed E-state index contributed by atoms with van der Waals surface area (Å²) in [6, 6.07) is 76.7. The molecule has 0 aliphatic rings. The zero-order chi connectivity index (χ0) is 44.1. The molecule has 0 radical (unpaired) electrons. The van der Waals surface area contributed by atoms with Gasteiger partial charge in [-0.3, -0.25) is 0 Å². The van der Waals surface area contributed by atoms with Gasteiger partial charge in [0.25, 0.3) is 0 Å². The molecule has 3 aromatic heterocycles. The molecule has 0 fully saturated rings. The van der Waals surface area contributed by atoms with Crippen molar-refractivity contribution in [1.82, 2.24) is 24.1 Å². The van der Waals surface area contributed by atoms with Crippen molar-refractivity contribution in [3.8, 4) is 79.9 Å². The highest BCUT2D eigenvalue weighted by atomic mass is 15.0. The molecule has 7 nitrogen and oxygen atoms in total. The molecule has 0 aliphatic heterocycles. The van der Waals surface area contributed by atoms with Gasteiger partial charge in [0.05, 0.1) is 51.0 Å². The largest absolute Gasteiger partial charge is 0.309 e. The van der Waals surface area contributed by atoms with Crippen LogP contribution >= 0.6 is 0 Å². The molecule has 0 aliphatic carbocycles. The summed E-state index contributed by atoms with van der Waals surface area (Å²) in [6.07, 6.45) is 0. The third kappa shape index (κ3) is 6.31. The Labute approximate surface area is 380 Å². The number of para-hydroxylation sites is 3. The van der Waals surface area contributed by atoms with Gasteiger partial charge in [-0.25, -0.2) is 15.0 Å². The Morgan fingerprint density at radius 2 is 0.818 bits per heavy atom. The molecule has 12 rings (SSSR count). The van der Waals surface area contributed by atoms with E-state index in [1.54, 1.807) is 0 Å². The number of hydrogen-bond acceptors (Lipinski definition) is 5. The molecule has 7 heteroatoms. The van der Waals surface area contributed by atoms with Gasteiger partial charge < -0.3 is 9.13 Å². The Bertz CT molecular complexity index is 3810. The summed E-state index contributed by atoms with van der Waals surface area (Å²) >= 11 is 0. The maximum Gasteiger partial charge on any atom is 0.164 e. The lowest BCUT2D eigenvalue weighted by Gasteiger charge is -2.21. The molecule has 0 amide bonds. The molecule has 0 saturated carbocycles. The molecular weight excluding hydrogens is 807 g/mol. The van der Waals surface area contributed by atoms with Gasteiger partial charge in [0, 0.05) is 55.0 Å². The number of rotatable bonds is 7. The van der Waals surface area contributed by atoms with Crippen molar-refractivity contribution in [2.75, 3.05) is 0 Å². The minimum absolute atomic E-state index is 0.487. The van der Waals surface area contributed by atoms with Gasteiger partial charge in [0.2, 0.25) is 0 Å². The second kappa shape index (κ2) is 15.7. The molecule has 0 saturated heterocycles. The van der Waals surface area contributed by atoms with Crippen LogP contribution in [0.4, 0.5) is 0 Å². The average molecular weight is 842 g/mol. The molecule has 0 N–H and O–H groups in total. The van der Waals surface area contributed by atoms with E-state index in [4.69, 9.17) is 15.0 Å². The first-order chi connectivity index (χ1) is 32.6. The summed E-state index contributed by atoms with van der Waals surface area (Å²) in [5, 5.41) is 25.1. The lowest BCUT2D eigenvalue weighted by atomic mass is 9.91. The maximum absolute atomic E-state index is 10.3. The van der Waals surface area contributed by atoms with Gasteiger partial charge in [-0.2, -0.15) is 10.5 Å². The molecule has 66 heavy (non-hydrogen) atoms. The molecule has 9 aromatic carbocycles. The van der Waals surface area contributed by atoms with Crippen LogP contribution in [0.3, 0.4) is 0 Å². The number of hydrogen-bond donors (Lipinski definition) is 0. The summed E-state index contributed by atoms with van der Waals surface area (Å²) < 4.78 is 4.75. The molecule has 3 heterocycles. The molecule has 306 valence electrons. The van der Waals surface area contributed by atoms with Crippen LogP contribution in [0.5, 0.6) is 0 Å². The Morgan fingerprint density at radius 1 is 0.348 bits per heavy atom. The van der Waals surface area contributed by atoms with E-state index in [2.05, 4.69) is 137 Å². The first kappa shape index (κ1) is 38.3. The number of fused-ring (bicyclic) bond motifs is 7. The van der Waals surface area contributed by atoms with Gasteiger partial charge in [0.15, 0.2) is 17.5 Å². The first-order valence-corrected chi connectivity index (χ1v) is 21.7. The van der Waals surface area contributed by atoms with Gasteiger partial charge in [-0.15, -0.1) is 0 Å². The fourth-order valence-corrected chi connectivity index (χ4v) is 9.49. The summed E-state index contributed by atoms with van der Waals surface area (Å²) in [5.41, 5.74) is 13.1. The van der Waals surface area contributed by atoms with Crippen molar-refractivity contribution in [1.29, 1.82) is 10.5 Å². The standard InChI is InChI=1S/C59H35N7/c60-36-38-16-14-22-42(32-38)49-34-44(59-63-57(40-18-4-1-5-19-40)62-58(64-59)41-20-6-2-7-21-41)35-50(43-23-15-17-39(33-43)37-61)55(49)66-52-29-13-11-27-48(52)54-53(66)31-30-47-46-26-10-12-28-51(46)65(56(47)54)45-24-8-3-9-25-45/h1-35H. The normalized spacial score (nSPS) is 11.3. The minimum Gasteiger partial charge on any atom is -0.309 e. The van der Waals surface area contributed by atoms with Crippen molar-refractivity contribution in [2.45, 2.75) is 0 Å². The second-order valence-electron chi connectivity index (χ2n) is 16.2. The van der Waals surface area contributed by atoms with Crippen LogP contribution in [0.15, 0.2) is 212 Å². The quantitative estimate of drug-likeness (QED) is 0.159. The smallest absolute Gasteiger partial charge is 0.164 e. The van der Waals surface area contributed by atoms with E-state index in [1.807, 2.05) is 97.1 Å². The SMILES string of the molecule is N#Cc1cccc(-c2cc(-c3nc(-c4ccccc4)nc(-c4ccccc4)n3)cc(-c3cccc(C#N)c3)c2-n2c3ccccc3c3c2ccc2c4ccccc4n(-c4ccccc4)c23)c1. The zero-order valence-corrected chi connectivity index (χ0v) is 35.3. The summed E-state index contributed by atoms with van der Waals surface area (Å²) in [7, 11) is 0. The highest BCUT2D eigenvalue weighted by molar-refractivity contribution is 6.26. The topological polar surface area (TPSA) is 96.1 Å². The van der Waals surface area contributed by atoms with E-state index in [9.17, 15) is 10.5 Å². The highest BCUT2D eigenvalue weighted by Crippen LogP contribution is 2.47. The Morgan fingerprint density at radius 3 is 1.38 bits per heavy atom. The third-order valence-electron chi connectivity index (χ3n) is 12.4. The third-order valence-corrected chi connectivity index (χ3v) is 12.4. The summed E-state index contributed by atoms with van der Waals surface area (Å²) in [6.45, 7) is 0. The average Bonchev–Trinajstić information content (AvgIpc) is 3.92. The fraction of sp³-hybridized carbons (Fsp3) is 0. The van der Waals surface area contributed by atoms with E-state index in [-0.39, 0.29) is 0 Å². The fourth-order valence-electron chi connectivity index (χ4n) is 9.49. The van der Waals surface area contributed by atoms with Gasteiger partial charge >= 0.3 is 0 Å². The molecule has 0 bridgehead atoms. The van der Waals surface area contributed by atoms with Crippen molar-refractivity contribution < 1.29 is 0 Å². The predicted molar refractivity (Wildman–Crippen MR) is 265 cm³/mol. The zero-order valence-electron chi connectivity index (χ0n) is 35.3. The second-order valence-corrected chi connectivity index (χ2v) is 16.2. The number of aromatic nitrogens is 5. The van der Waals surface area contributed by atoms with Crippen LogP contribution in [-0.4, -0.2) is 24.1 Å². The van der Waals surface area contributed by atoms with Crippen LogP contribution in [0.25, 0.3) is 111 Å². The van der Waals surface area contributed by atoms with E-state index in [0.29, 0.717) is 28.6 Å². The van der Waals surface area contributed by atoms with Crippen LogP contribution in [-0.2, 0) is 0 Å². The van der Waals surface area contributed by atoms with E-state index in [1.165, 1.54) is 5.39 Å². The molecule has 0 atom stereocenters. The lowest BCUT2D eigenvalue weighted by molar-refractivity contribution is 1.07. The summed E-state index contributed by atoms with van der Waals surface area (Å²) in [4.78, 5) is 15.4. The van der Waals surface area contributed by atoms with Gasteiger partial charge in [-0.05, 0) is 77.9 Å². The monoisotopic (exact) mass is 841 g/mol. The number of benzene rings is 9. The number of nitriles is 2. The van der Waals surface area contributed by atoms with Gasteiger partial charge in [0.1, 0.15) is 0 Å². The van der Waals surface area contributed by atoms with Crippen molar-refractivity contribution in [3.63, 3.8) is 0 Å². The Hall–Kier alpha value is -9.43. The van der Waals surface area contributed by atoms with E-state index < -0.39 is 0 Å². The van der Waals surface area contributed by atoms with Crippen LogP contribution in [0.2, 0.25) is 0 Å². The molecular formula is C59H35N7. The molecule has 0 spiro atoms. The molecule has 0 unspecified atom stereocenters. The van der Waals surface area contributed by atoms with Gasteiger partial charge in [-0.1, -0.05) is 146 Å². The summed E-state index contributed by atoms with van der Waals surface area (Å²) in [5.74, 6) is 1.58. The van der Waals surface area contributed by atoms with Crippen LogP contribution in [0, 0.1) is 22.7 Å².